The second-order valence-corrected chi connectivity index (χ2v) is 10.4. The van der Waals surface area contributed by atoms with Crippen LogP contribution < -0.4 is 5.73 Å². The standard InChI is InChI=1S/C29H28N4OS/c1-32-10-12-33(13-11-32)17-19-6-8-25(28(30)34)26(14-19)29-31-27(18-35-29)21-7-9-24-22(16-21)15-20-4-2-3-5-23(20)24/h2-9,14,16,18H,10-13,15,17H2,1H3,(H2,30,34). The van der Waals surface area contributed by atoms with E-state index in [1.54, 1.807) is 11.3 Å². The van der Waals surface area contributed by atoms with Crippen LogP contribution >= 0.6 is 11.3 Å². The van der Waals surface area contributed by atoms with Crippen LogP contribution in [0.2, 0.25) is 0 Å². The summed E-state index contributed by atoms with van der Waals surface area (Å²) in [6, 6.07) is 21.2. The van der Waals surface area contributed by atoms with Gasteiger partial charge in [0.25, 0.3) is 0 Å². The number of hydrogen-bond acceptors (Lipinski definition) is 5. The van der Waals surface area contributed by atoms with Gasteiger partial charge >= 0.3 is 0 Å². The molecule has 4 aromatic rings. The van der Waals surface area contributed by atoms with Gasteiger partial charge in [-0.1, -0.05) is 42.5 Å². The molecule has 0 atom stereocenters. The largest absolute Gasteiger partial charge is 0.366 e. The van der Waals surface area contributed by atoms with Crippen LogP contribution in [0, 0.1) is 0 Å². The lowest BCUT2D eigenvalue weighted by molar-refractivity contribution is 0.100. The molecule has 2 heterocycles. The fraction of sp³-hybridized carbons (Fsp3) is 0.241. The number of primary amides is 1. The first-order chi connectivity index (χ1) is 17.0. The van der Waals surface area contributed by atoms with Crippen molar-refractivity contribution in [2.75, 3.05) is 33.2 Å². The first kappa shape index (κ1) is 22.2. The van der Waals surface area contributed by atoms with Gasteiger partial charge in [-0.2, -0.15) is 0 Å². The van der Waals surface area contributed by atoms with E-state index >= 15 is 0 Å². The molecule has 0 spiro atoms. The number of nitrogens with zero attached hydrogens (tertiary/aromatic N) is 3. The number of hydrogen-bond donors (Lipinski definition) is 1. The quantitative estimate of drug-likeness (QED) is 0.389. The fourth-order valence-electron chi connectivity index (χ4n) is 5.18. The topological polar surface area (TPSA) is 62.5 Å². The smallest absolute Gasteiger partial charge is 0.249 e. The van der Waals surface area contributed by atoms with E-state index in [1.165, 1.54) is 27.8 Å². The molecule has 1 fully saturated rings. The normalized spacial score (nSPS) is 15.7. The number of piperazine rings is 1. The summed E-state index contributed by atoms with van der Waals surface area (Å²) in [7, 11) is 2.16. The van der Waals surface area contributed by atoms with E-state index in [0.29, 0.717) is 5.56 Å². The molecule has 2 aliphatic rings. The predicted molar refractivity (Wildman–Crippen MR) is 143 cm³/mol. The average molecular weight is 481 g/mol. The summed E-state index contributed by atoms with van der Waals surface area (Å²) in [5.74, 6) is -0.418. The summed E-state index contributed by atoms with van der Waals surface area (Å²) in [5, 5.41) is 2.91. The molecule has 1 aromatic heterocycles. The van der Waals surface area contributed by atoms with Crippen LogP contribution in [0.1, 0.15) is 27.0 Å². The third kappa shape index (κ3) is 4.29. The Kier molecular flexibility index (Phi) is 5.72. The average Bonchev–Trinajstić information content (AvgIpc) is 3.50. The Morgan fingerprint density at radius 2 is 1.74 bits per heavy atom. The van der Waals surface area contributed by atoms with Crippen molar-refractivity contribution < 1.29 is 4.79 Å². The zero-order valence-electron chi connectivity index (χ0n) is 19.8. The van der Waals surface area contributed by atoms with Gasteiger partial charge in [0.05, 0.1) is 5.69 Å². The summed E-state index contributed by atoms with van der Waals surface area (Å²) in [6.07, 6.45) is 0.955. The highest BCUT2D eigenvalue weighted by molar-refractivity contribution is 7.13. The molecule has 1 aliphatic heterocycles. The number of carbonyl (C=O) groups is 1. The third-order valence-electron chi connectivity index (χ3n) is 7.18. The highest BCUT2D eigenvalue weighted by atomic mass is 32.1. The lowest BCUT2D eigenvalue weighted by atomic mass is 10.0. The second-order valence-electron chi connectivity index (χ2n) is 9.57. The summed E-state index contributed by atoms with van der Waals surface area (Å²) >= 11 is 1.57. The molecule has 3 aromatic carbocycles. The molecule has 1 saturated heterocycles. The molecule has 0 bridgehead atoms. The summed E-state index contributed by atoms with van der Waals surface area (Å²) in [4.78, 5) is 22.0. The Hall–Kier alpha value is -3.32. The molecule has 1 aliphatic carbocycles. The maximum atomic E-state index is 12.2. The molecule has 2 N–H and O–H groups in total. The van der Waals surface area contributed by atoms with E-state index in [9.17, 15) is 4.79 Å². The van der Waals surface area contributed by atoms with Crippen LogP contribution in [0.4, 0.5) is 0 Å². The summed E-state index contributed by atoms with van der Waals surface area (Å²) in [5.41, 5.74) is 15.7. The van der Waals surface area contributed by atoms with Crippen molar-refractivity contribution >= 4 is 17.2 Å². The Labute approximate surface area is 209 Å². The minimum absolute atomic E-state index is 0.418. The number of nitrogens with two attached hydrogens (primary N) is 1. The molecule has 35 heavy (non-hydrogen) atoms. The molecular formula is C29H28N4OS. The predicted octanol–water partition coefficient (Wildman–Crippen LogP) is 4.89. The van der Waals surface area contributed by atoms with E-state index in [0.717, 1.165) is 61.0 Å². The Morgan fingerprint density at radius 3 is 2.57 bits per heavy atom. The SMILES string of the molecule is CN1CCN(Cc2ccc(C(N)=O)c(-c3nc(-c4ccc5c(c4)Cc4ccccc4-5)cs3)c2)CC1. The molecule has 0 unspecified atom stereocenters. The van der Waals surface area contributed by atoms with Crippen molar-refractivity contribution in [3.05, 3.63) is 88.3 Å². The van der Waals surface area contributed by atoms with Gasteiger partial charge in [0.1, 0.15) is 5.01 Å². The Morgan fingerprint density at radius 1 is 0.943 bits per heavy atom. The van der Waals surface area contributed by atoms with Crippen molar-refractivity contribution in [1.29, 1.82) is 0 Å². The van der Waals surface area contributed by atoms with E-state index in [4.69, 9.17) is 10.7 Å². The summed E-state index contributed by atoms with van der Waals surface area (Å²) in [6.45, 7) is 5.12. The van der Waals surface area contributed by atoms with Crippen LogP contribution in [0.5, 0.6) is 0 Å². The van der Waals surface area contributed by atoms with E-state index in [2.05, 4.69) is 70.8 Å². The number of carbonyl (C=O) groups excluding carboxylic acids is 1. The van der Waals surface area contributed by atoms with Crippen molar-refractivity contribution in [2.45, 2.75) is 13.0 Å². The highest BCUT2D eigenvalue weighted by Crippen LogP contribution is 2.39. The van der Waals surface area contributed by atoms with Gasteiger partial charge in [-0.25, -0.2) is 4.98 Å². The minimum atomic E-state index is -0.418. The molecule has 0 radical (unpaired) electrons. The van der Waals surface area contributed by atoms with Crippen molar-refractivity contribution in [1.82, 2.24) is 14.8 Å². The molecule has 6 rings (SSSR count). The number of fused-ring (bicyclic) bond motifs is 3. The molecule has 5 nitrogen and oxygen atoms in total. The van der Waals surface area contributed by atoms with E-state index in [1.807, 2.05) is 12.1 Å². The third-order valence-corrected chi connectivity index (χ3v) is 8.05. The minimum Gasteiger partial charge on any atom is -0.366 e. The highest BCUT2D eigenvalue weighted by Gasteiger charge is 2.20. The molecule has 6 heteroatoms. The van der Waals surface area contributed by atoms with Crippen molar-refractivity contribution in [3.8, 4) is 33.0 Å². The van der Waals surface area contributed by atoms with E-state index < -0.39 is 5.91 Å². The fourth-order valence-corrected chi connectivity index (χ4v) is 6.04. The maximum absolute atomic E-state index is 12.2. The second kappa shape index (κ2) is 9.04. The molecule has 176 valence electrons. The van der Waals surface area contributed by atoms with Gasteiger partial charge in [0, 0.05) is 54.8 Å². The number of benzene rings is 3. The van der Waals surface area contributed by atoms with Gasteiger partial charge in [-0.05, 0) is 59.5 Å². The van der Waals surface area contributed by atoms with Crippen molar-refractivity contribution in [3.63, 3.8) is 0 Å². The summed E-state index contributed by atoms with van der Waals surface area (Å²) < 4.78 is 0. The Bertz CT molecular complexity index is 1420. The lowest BCUT2D eigenvalue weighted by Gasteiger charge is -2.32. The van der Waals surface area contributed by atoms with Gasteiger partial charge in [-0.3, -0.25) is 9.69 Å². The van der Waals surface area contributed by atoms with Crippen LogP contribution in [0.3, 0.4) is 0 Å². The van der Waals surface area contributed by atoms with Gasteiger partial charge in [-0.15, -0.1) is 11.3 Å². The zero-order chi connectivity index (χ0) is 23.9. The van der Waals surface area contributed by atoms with Crippen LogP contribution in [0.15, 0.2) is 66.0 Å². The van der Waals surface area contributed by atoms with Crippen LogP contribution in [-0.2, 0) is 13.0 Å². The van der Waals surface area contributed by atoms with Gasteiger partial charge < -0.3 is 10.6 Å². The number of amides is 1. The van der Waals surface area contributed by atoms with E-state index in [-0.39, 0.29) is 0 Å². The molecule has 0 saturated carbocycles. The first-order valence-electron chi connectivity index (χ1n) is 12.1. The van der Waals surface area contributed by atoms with Crippen LogP contribution in [-0.4, -0.2) is 53.9 Å². The number of aromatic nitrogens is 1. The molecule has 1 amide bonds. The lowest BCUT2D eigenvalue weighted by Crippen LogP contribution is -2.43. The zero-order valence-corrected chi connectivity index (χ0v) is 20.6. The Balaban J connectivity index is 1.30. The molecular weight excluding hydrogens is 452 g/mol. The monoisotopic (exact) mass is 480 g/mol. The first-order valence-corrected chi connectivity index (χ1v) is 12.9. The maximum Gasteiger partial charge on any atom is 0.249 e. The number of likely N-dealkylation sites (N-methyl/N-ethyl adjacent to an activating group) is 1. The van der Waals surface area contributed by atoms with Gasteiger partial charge in [0.2, 0.25) is 5.91 Å². The van der Waals surface area contributed by atoms with Crippen LogP contribution in [0.25, 0.3) is 33.0 Å². The number of thiazole rings is 1. The number of rotatable bonds is 5. The van der Waals surface area contributed by atoms with Gasteiger partial charge in [0.15, 0.2) is 0 Å². The van der Waals surface area contributed by atoms with Crippen molar-refractivity contribution in [2.24, 2.45) is 5.73 Å².